The molecule has 0 saturated carbocycles. The molecule has 110 valence electrons. The van der Waals surface area contributed by atoms with Crippen LogP contribution in [-0.2, 0) is 0 Å². The van der Waals surface area contributed by atoms with Gasteiger partial charge in [0.05, 0.1) is 5.56 Å². The van der Waals surface area contributed by atoms with Gasteiger partial charge in [-0.15, -0.1) is 0 Å². The summed E-state index contributed by atoms with van der Waals surface area (Å²) in [5.41, 5.74) is 5.62. The molecular weight excluding hydrogens is 336 g/mol. The Morgan fingerprint density at radius 1 is 1.38 bits per heavy atom. The van der Waals surface area contributed by atoms with Crippen molar-refractivity contribution in [2.75, 3.05) is 11.9 Å². The van der Waals surface area contributed by atoms with Crippen LogP contribution in [0, 0.1) is 0 Å². The Bertz CT molecular complexity index is 649. The molecule has 6 nitrogen and oxygen atoms in total. The molecule has 0 fully saturated rings. The van der Waals surface area contributed by atoms with E-state index in [1.807, 2.05) is 0 Å². The highest BCUT2D eigenvalue weighted by Gasteiger charge is 2.14. The average molecular weight is 351 g/mol. The topological polar surface area (TPSA) is 90.1 Å². The lowest BCUT2D eigenvalue weighted by atomic mass is 10.2. The smallest absolute Gasteiger partial charge is 0.252 e. The second kappa shape index (κ2) is 7.03. The molecule has 0 aliphatic carbocycles. The third-order valence-corrected chi connectivity index (χ3v) is 3.37. The normalized spacial score (nSPS) is 10.2. The van der Waals surface area contributed by atoms with E-state index in [4.69, 9.17) is 10.5 Å². The van der Waals surface area contributed by atoms with Crippen LogP contribution in [0.2, 0.25) is 0 Å². The maximum absolute atomic E-state index is 11.4. The first kappa shape index (κ1) is 15.2. The summed E-state index contributed by atoms with van der Waals surface area (Å²) in [4.78, 5) is 19.6. The van der Waals surface area contributed by atoms with Crippen LogP contribution >= 0.6 is 15.9 Å². The Hall–Kier alpha value is -2.15. The molecule has 1 aromatic carbocycles. The minimum Gasteiger partial charge on any atom is -0.437 e. The first-order chi connectivity index (χ1) is 10.1. The number of amides is 1. The molecule has 1 amide bonds. The summed E-state index contributed by atoms with van der Waals surface area (Å²) in [6, 6.07) is 6.74. The van der Waals surface area contributed by atoms with Gasteiger partial charge < -0.3 is 15.8 Å². The molecule has 0 saturated heterocycles. The van der Waals surface area contributed by atoms with Crippen LogP contribution in [0.15, 0.2) is 35.1 Å². The van der Waals surface area contributed by atoms with Gasteiger partial charge in [-0.25, -0.2) is 9.97 Å². The van der Waals surface area contributed by atoms with Crippen molar-refractivity contribution in [3.63, 3.8) is 0 Å². The molecule has 7 heteroatoms. The lowest BCUT2D eigenvalue weighted by Gasteiger charge is -2.12. The number of nitrogens with two attached hydrogens (primary N) is 1. The molecule has 1 heterocycles. The van der Waals surface area contributed by atoms with Crippen LogP contribution in [-0.4, -0.2) is 22.4 Å². The molecule has 2 aromatic rings. The summed E-state index contributed by atoms with van der Waals surface area (Å²) in [6.07, 6.45) is 2.36. The van der Waals surface area contributed by atoms with Crippen molar-refractivity contribution in [2.45, 2.75) is 13.3 Å². The fraction of sp³-hybridized carbons (Fsp3) is 0.214. The van der Waals surface area contributed by atoms with Crippen LogP contribution < -0.4 is 15.8 Å². The van der Waals surface area contributed by atoms with E-state index < -0.39 is 5.91 Å². The molecule has 0 aliphatic rings. The average Bonchev–Trinajstić information content (AvgIpc) is 2.48. The van der Waals surface area contributed by atoms with Gasteiger partial charge in [0.15, 0.2) is 0 Å². The summed E-state index contributed by atoms with van der Waals surface area (Å²) in [6.45, 7) is 2.84. The van der Waals surface area contributed by atoms with E-state index in [0.717, 1.165) is 13.0 Å². The molecule has 0 atom stereocenters. The zero-order valence-electron chi connectivity index (χ0n) is 11.5. The Morgan fingerprint density at radius 3 is 2.86 bits per heavy atom. The van der Waals surface area contributed by atoms with E-state index in [2.05, 4.69) is 38.1 Å². The quantitative estimate of drug-likeness (QED) is 0.835. The Balaban J connectivity index is 2.30. The fourth-order valence-electron chi connectivity index (χ4n) is 1.65. The lowest BCUT2D eigenvalue weighted by Crippen LogP contribution is -2.12. The summed E-state index contributed by atoms with van der Waals surface area (Å²) >= 11 is 3.40. The van der Waals surface area contributed by atoms with Gasteiger partial charge >= 0.3 is 0 Å². The summed E-state index contributed by atoms with van der Waals surface area (Å²) in [5.74, 6) is 0.752. The Labute approximate surface area is 130 Å². The first-order valence-corrected chi connectivity index (χ1v) is 7.23. The van der Waals surface area contributed by atoms with Gasteiger partial charge in [-0.3, -0.25) is 4.79 Å². The second-order valence-electron chi connectivity index (χ2n) is 4.23. The minimum atomic E-state index is -0.555. The van der Waals surface area contributed by atoms with E-state index in [9.17, 15) is 4.79 Å². The summed E-state index contributed by atoms with van der Waals surface area (Å²) in [5, 5.41) is 3.16. The summed E-state index contributed by atoms with van der Waals surface area (Å²) in [7, 11) is 0. The maximum atomic E-state index is 11.4. The highest BCUT2D eigenvalue weighted by Crippen LogP contribution is 2.33. The molecule has 2 rings (SSSR count). The van der Waals surface area contributed by atoms with E-state index >= 15 is 0 Å². The number of ether oxygens (including phenoxy) is 1. The third kappa shape index (κ3) is 3.69. The third-order valence-electron chi connectivity index (χ3n) is 2.66. The van der Waals surface area contributed by atoms with Crippen LogP contribution in [0.25, 0.3) is 0 Å². The first-order valence-electron chi connectivity index (χ1n) is 6.44. The Morgan fingerprint density at radius 2 is 2.14 bits per heavy atom. The van der Waals surface area contributed by atoms with Gasteiger partial charge in [0, 0.05) is 6.54 Å². The van der Waals surface area contributed by atoms with Crippen LogP contribution in [0.3, 0.4) is 0 Å². The predicted molar refractivity (Wildman–Crippen MR) is 83.5 cm³/mol. The number of benzene rings is 1. The van der Waals surface area contributed by atoms with E-state index in [-0.39, 0.29) is 0 Å². The molecular formula is C14H15BrN4O2. The number of carbonyl (C=O) groups excluding carboxylic acids is 1. The van der Waals surface area contributed by atoms with E-state index in [1.54, 1.807) is 24.3 Å². The van der Waals surface area contributed by atoms with Gasteiger partial charge in [0.2, 0.25) is 5.88 Å². The SMILES string of the molecule is CCCNc1ncnc(Oc2ccccc2C(N)=O)c1Br. The standard InChI is InChI=1S/C14H15BrN4O2/c1-2-7-17-13-11(15)14(19-8-18-13)21-10-6-4-3-5-9(10)12(16)20/h3-6,8H,2,7H2,1H3,(H2,16,20)(H,17,18,19). The van der Waals surface area contributed by atoms with Crippen molar-refractivity contribution in [3.8, 4) is 11.6 Å². The zero-order valence-corrected chi connectivity index (χ0v) is 13.1. The van der Waals surface area contributed by atoms with Crippen molar-refractivity contribution >= 4 is 27.7 Å². The number of rotatable bonds is 6. The number of hydrogen-bond donors (Lipinski definition) is 2. The number of halogens is 1. The molecule has 1 aromatic heterocycles. The lowest BCUT2D eigenvalue weighted by molar-refractivity contribution is 0.0998. The fourth-order valence-corrected chi connectivity index (χ4v) is 2.08. The molecule has 3 N–H and O–H groups in total. The number of para-hydroxylation sites is 1. The van der Waals surface area contributed by atoms with Gasteiger partial charge in [0.25, 0.3) is 5.91 Å². The highest BCUT2D eigenvalue weighted by atomic mass is 79.9. The van der Waals surface area contributed by atoms with Crippen molar-refractivity contribution in [1.82, 2.24) is 9.97 Å². The molecule has 21 heavy (non-hydrogen) atoms. The molecule has 0 radical (unpaired) electrons. The molecule has 0 unspecified atom stereocenters. The number of anilines is 1. The zero-order chi connectivity index (χ0) is 15.2. The van der Waals surface area contributed by atoms with Crippen molar-refractivity contribution in [1.29, 1.82) is 0 Å². The van der Waals surface area contributed by atoms with E-state index in [0.29, 0.717) is 27.5 Å². The number of carbonyl (C=O) groups is 1. The van der Waals surface area contributed by atoms with E-state index in [1.165, 1.54) is 6.33 Å². The maximum Gasteiger partial charge on any atom is 0.252 e. The number of nitrogens with one attached hydrogen (secondary N) is 1. The highest BCUT2D eigenvalue weighted by molar-refractivity contribution is 9.10. The van der Waals surface area contributed by atoms with Crippen molar-refractivity contribution in [3.05, 3.63) is 40.6 Å². The Kier molecular flexibility index (Phi) is 5.10. The number of aromatic nitrogens is 2. The number of nitrogens with zero attached hydrogens (tertiary/aromatic N) is 2. The van der Waals surface area contributed by atoms with Gasteiger partial charge in [-0.05, 0) is 34.5 Å². The monoisotopic (exact) mass is 350 g/mol. The molecule has 0 bridgehead atoms. The second-order valence-corrected chi connectivity index (χ2v) is 5.02. The molecule has 0 spiro atoms. The largest absolute Gasteiger partial charge is 0.437 e. The minimum absolute atomic E-state index is 0.297. The van der Waals surface area contributed by atoms with Crippen LogP contribution in [0.5, 0.6) is 11.6 Å². The number of hydrogen-bond acceptors (Lipinski definition) is 5. The van der Waals surface area contributed by atoms with Gasteiger partial charge in [-0.2, -0.15) is 0 Å². The van der Waals surface area contributed by atoms with Crippen molar-refractivity contribution < 1.29 is 9.53 Å². The predicted octanol–water partition coefficient (Wildman–Crippen LogP) is 2.95. The summed E-state index contributed by atoms with van der Waals surface area (Å²) < 4.78 is 6.28. The van der Waals surface area contributed by atoms with Crippen LogP contribution in [0.1, 0.15) is 23.7 Å². The molecule has 0 aliphatic heterocycles. The van der Waals surface area contributed by atoms with Crippen LogP contribution in [0.4, 0.5) is 5.82 Å². The van der Waals surface area contributed by atoms with Gasteiger partial charge in [-0.1, -0.05) is 19.1 Å². The van der Waals surface area contributed by atoms with Gasteiger partial charge in [0.1, 0.15) is 22.4 Å². The number of primary amides is 1. The van der Waals surface area contributed by atoms with Crippen molar-refractivity contribution in [2.24, 2.45) is 5.73 Å².